The summed E-state index contributed by atoms with van der Waals surface area (Å²) in [5, 5.41) is 8.66. The Balaban J connectivity index is 2.44. The normalized spacial score (nSPS) is 10.9. The van der Waals surface area contributed by atoms with Gasteiger partial charge >= 0.3 is 6.18 Å². The maximum atomic E-state index is 12.9. The molecule has 0 amide bonds. The standard InChI is InChI=1S/C13H8F3N3O/c14-13(15,16)10-5-8(7-17)1-2-11(10)20-12-6-9(18)3-4-19-12/h1-6H,(H2,18,19). The summed E-state index contributed by atoms with van der Waals surface area (Å²) >= 11 is 0. The molecule has 4 nitrogen and oxygen atoms in total. The lowest BCUT2D eigenvalue weighted by Crippen LogP contribution is -2.08. The van der Waals surface area contributed by atoms with E-state index in [0.29, 0.717) is 5.69 Å². The number of ether oxygens (including phenoxy) is 1. The van der Waals surface area contributed by atoms with Crippen LogP contribution in [0.1, 0.15) is 11.1 Å². The molecule has 2 N–H and O–H groups in total. The van der Waals surface area contributed by atoms with Gasteiger partial charge < -0.3 is 10.5 Å². The lowest BCUT2D eigenvalue weighted by molar-refractivity contribution is -0.138. The number of halogens is 3. The van der Waals surface area contributed by atoms with Crippen LogP contribution >= 0.6 is 0 Å². The maximum absolute atomic E-state index is 12.9. The third-order valence-corrected chi connectivity index (χ3v) is 2.39. The minimum absolute atomic E-state index is 0.0554. The summed E-state index contributed by atoms with van der Waals surface area (Å²) < 4.78 is 43.8. The quantitative estimate of drug-likeness (QED) is 0.915. The van der Waals surface area contributed by atoms with Crippen molar-refractivity contribution in [2.45, 2.75) is 6.18 Å². The first-order valence-corrected chi connectivity index (χ1v) is 5.41. The number of hydrogen-bond donors (Lipinski definition) is 1. The molecule has 0 atom stereocenters. The van der Waals surface area contributed by atoms with Crippen LogP contribution in [0.15, 0.2) is 36.5 Å². The van der Waals surface area contributed by atoms with Crippen LogP contribution in [-0.4, -0.2) is 4.98 Å². The van der Waals surface area contributed by atoms with Gasteiger partial charge in [0.25, 0.3) is 0 Å². The lowest BCUT2D eigenvalue weighted by atomic mass is 10.1. The van der Waals surface area contributed by atoms with E-state index in [1.807, 2.05) is 0 Å². The molecule has 0 unspecified atom stereocenters. The molecule has 0 saturated heterocycles. The van der Waals surface area contributed by atoms with E-state index in [-0.39, 0.29) is 11.4 Å². The van der Waals surface area contributed by atoms with Crippen molar-refractivity contribution in [2.24, 2.45) is 0 Å². The number of aromatic nitrogens is 1. The topological polar surface area (TPSA) is 71.9 Å². The maximum Gasteiger partial charge on any atom is 0.420 e. The molecule has 0 aliphatic heterocycles. The molecule has 0 bridgehead atoms. The Bertz CT molecular complexity index is 677. The number of alkyl halides is 3. The van der Waals surface area contributed by atoms with E-state index in [0.717, 1.165) is 12.1 Å². The first kappa shape index (κ1) is 13.7. The van der Waals surface area contributed by atoms with Crippen LogP contribution in [0.3, 0.4) is 0 Å². The highest BCUT2D eigenvalue weighted by Gasteiger charge is 2.35. The molecule has 7 heteroatoms. The van der Waals surface area contributed by atoms with Crippen LogP contribution < -0.4 is 10.5 Å². The number of nitrogens with zero attached hydrogens (tertiary/aromatic N) is 2. The zero-order valence-corrected chi connectivity index (χ0v) is 9.98. The number of hydrogen-bond acceptors (Lipinski definition) is 4. The number of benzene rings is 1. The van der Waals surface area contributed by atoms with E-state index in [1.165, 1.54) is 24.4 Å². The molecule has 2 rings (SSSR count). The zero-order valence-electron chi connectivity index (χ0n) is 9.98. The van der Waals surface area contributed by atoms with Gasteiger partial charge in [-0.2, -0.15) is 18.4 Å². The van der Waals surface area contributed by atoms with Gasteiger partial charge in [-0.05, 0) is 24.3 Å². The molecule has 102 valence electrons. The minimum atomic E-state index is -4.64. The van der Waals surface area contributed by atoms with E-state index < -0.39 is 17.5 Å². The van der Waals surface area contributed by atoms with Crippen molar-refractivity contribution in [3.8, 4) is 17.7 Å². The molecule has 1 aromatic carbocycles. The third-order valence-electron chi connectivity index (χ3n) is 2.39. The van der Waals surface area contributed by atoms with E-state index >= 15 is 0 Å². The molecule has 1 aromatic heterocycles. The average molecular weight is 279 g/mol. The molecule has 1 heterocycles. The van der Waals surface area contributed by atoms with Gasteiger partial charge in [-0.25, -0.2) is 4.98 Å². The second-order valence-electron chi connectivity index (χ2n) is 3.85. The summed E-state index contributed by atoms with van der Waals surface area (Å²) in [4.78, 5) is 3.77. The summed E-state index contributed by atoms with van der Waals surface area (Å²) in [7, 11) is 0. The Hall–Kier alpha value is -2.75. The number of pyridine rings is 1. The summed E-state index contributed by atoms with van der Waals surface area (Å²) in [6, 6.07) is 7.47. The average Bonchev–Trinajstić information content (AvgIpc) is 2.38. The predicted molar refractivity (Wildman–Crippen MR) is 64.9 cm³/mol. The van der Waals surface area contributed by atoms with Crippen LogP contribution in [0.5, 0.6) is 11.6 Å². The molecule has 20 heavy (non-hydrogen) atoms. The second kappa shape index (κ2) is 5.09. The van der Waals surface area contributed by atoms with Gasteiger partial charge in [-0.1, -0.05) is 0 Å². The zero-order chi connectivity index (χ0) is 14.8. The number of nitrogens with two attached hydrogens (primary N) is 1. The first-order valence-electron chi connectivity index (χ1n) is 5.41. The van der Waals surface area contributed by atoms with E-state index in [2.05, 4.69) is 4.98 Å². The van der Waals surface area contributed by atoms with Crippen molar-refractivity contribution >= 4 is 5.69 Å². The Morgan fingerprint density at radius 2 is 1.95 bits per heavy atom. The number of nitrogen functional groups attached to an aromatic ring is 1. The minimum Gasteiger partial charge on any atom is -0.438 e. The van der Waals surface area contributed by atoms with Crippen LogP contribution in [0, 0.1) is 11.3 Å². The van der Waals surface area contributed by atoms with E-state index in [1.54, 1.807) is 6.07 Å². The molecule has 0 spiro atoms. The van der Waals surface area contributed by atoms with Crippen LogP contribution in [0.25, 0.3) is 0 Å². The molecular formula is C13H8F3N3O. The first-order chi connectivity index (χ1) is 9.40. The SMILES string of the molecule is N#Cc1ccc(Oc2cc(N)ccn2)c(C(F)(F)F)c1. The largest absolute Gasteiger partial charge is 0.438 e. The number of rotatable bonds is 2. The number of nitriles is 1. The molecule has 2 aromatic rings. The Kier molecular flexibility index (Phi) is 3.48. The highest BCUT2D eigenvalue weighted by Crippen LogP contribution is 2.38. The van der Waals surface area contributed by atoms with Gasteiger partial charge in [0.1, 0.15) is 5.75 Å². The van der Waals surface area contributed by atoms with Crippen molar-refractivity contribution in [1.29, 1.82) is 5.26 Å². The Morgan fingerprint density at radius 3 is 2.55 bits per heavy atom. The van der Waals surface area contributed by atoms with Crippen molar-refractivity contribution < 1.29 is 17.9 Å². The van der Waals surface area contributed by atoms with Crippen molar-refractivity contribution in [1.82, 2.24) is 4.98 Å². The predicted octanol–water partition coefficient (Wildman–Crippen LogP) is 3.35. The monoisotopic (exact) mass is 279 g/mol. The lowest BCUT2D eigenvalue weighted by Gasteiger charge is -2.13. The fourth-order valence-electron chi connectivity index (χ4n) is 1.50. The molecule has 0 aliphatic rings. The van der Waals surface area contributed by atoms with Gasteiger partial charge in [0.15, 0.2) is 0 Å². The van der Waals surface area contributed by atoms with Gasteiger partial charge in [0.05, 0.1) is 17.2 Å². The molecule has 0 radical (unpaired) electrons. The van der Waals surface area contributed by atoms with Gasteiger partial charge in [0, 0.05) is 18.0 Å². The van der Waals surface area contributed by atoms with Gasteiger partial charge in [-0.3, -0.25) is 0 Å². The summed E-state index contributed by atoms with van der Waals surface area (Å²) in [5.74, 6) is -0.491. The van der Waals surface area contributed by atoms with Crippen LogP contribution in [-0.2, 0) is 6.18 Å². The summed E-state index contributed by atoms with van der Waals surface area (Å²) in [6.45, 7) is 0. The van der Waals surface area contributed by atoms with Gasteiger partial charge in [0.2, 0.25) is 5.88 Å². The highest BCUT2D eigenvalue weighted by molar-refractivity contribution is 5.46. The third kappa shape index (κ3) is 2.98. The Morgan fingerprint density at radius 1 is 1.20 bits per heavy atom. The number of anilines is 1. The van der Waals surface area contributed by atoms with Crippen molar-refractivity contribution in [3.63, 3.8) is 0 Å². The van der Waals surface area contributed by atoms with Crippen LogP contribution in [0.2, 0.25) is 0 Å². The van der Waals surface area contributed by atoms with Gasteiger partial charge in [-0.15, -0.1) is 0 Å². The fraction of sp³-hybridized carbons (Fsp3) is 0.0769. The molecule has 0 aliphatic carbocycles. The van der Waals surface area contributed by atoms with Crippen molar-refractivity contribution in [3.05, 3.63) is 47.7 Å². The molecule has 0 fully saturated rings. The smallest absolute Gasteiger partial charge is 0.420 e. The van der Waals surface area contributed by atoms with E-state index in [9.17, 15) is 13.2 Å². The molecular weight excluding hydrogens is 271 g/mol. The second-order valence-corrected chi connectivity index (χ2v) is 3.85. The summed E-state index contributed by atoms with van der Waals surface area (Å²) in [6.07, 6.45) is -3.32. The van der Waals surface area contributed by atoms with Crippen LogP contribution in [0.4, 0.5) is 18.9 Å². The summed E-state index contributed by atoms with van der Waals surface area (Å²) in [5.41, 5.74) is 4.67. The Labute approximate surface area is 112 Å². The molecule has 0 saturated carbocycles. The fourth-order valence-corrected chi connectivity index (χ4v) is 1.50. The van der Waals surface area contributed by atoms with Crippen molar-refractivity contribution in [2.75, 3.05) is 5.73 Å². The highest BCUT2D eigenvalue weighted by atomic mass is 19.4. The van der Waals surface area contributed by atoms with E-state index in [4.69, 9.17) is 15.7 Å².